The molecule has 0 fully saturated rings. The molecule has 3 rings (SSSR count). The fourth-order valence-corrected chi connectivity index (χ4v) is 2.00. The van der Waals surface area contributed by atoms with E-state index in [2.05, 4.69) is 31.0 Å². The zero-order valence-corrected chi connectivity index (χ0v) is 9.40. The maximum Gasteiger partial charge on any atom is 0.138 e. The number of pyridine rings is 1. The van der Waals surface area contributed by atoms with Crippen LogP contribution in [-0.2, 0) is 0 Å². The minimum absolute atomic E-state index is 0.533. The fraction of sp³-hybridized carbons (Fsp3) is 0.214. The van der Waals surface area contributed by atoms with Crippen LogP contribution in [0.2, 0.25) is 0 Å². The zero-order chi connectivity index (χ0) is 11.1. The molecule has 2 heteroatoms. The lowest BCUT2D eigenvalue weighted by molar-refractivity contribution is 0.668. The summed E-state index contributed by atoms with van der Waals surface area (Å²) in [6.07, 6.45) is 3.62. The Bertz CT molecular complexity index is 652. The summed E-state index contributed by atoms with van der Waals surface area (Å²) in [6.45, 7) is 4.39. The topological polar surface area (TPSA) is 26.0 Å². The van der Waals surface area contributed by atoms with Crippen molar-refractivity contribution in [1.82, 2.24) is 4.98 Å². The molecule has 1 aromatic carbocycles. The molecule has 16 heavy (non-hydrogen) atoms. The molecule has 2 heterocycles. The van der Waals surface area contributed by atoms with Gasteiger partial charge in [0.05, 0.1) is 0 Å². The lowest BCUT2D eigenvalue weighted by atomic mass is 10.0. The van der Waals surface area contributed by atoms with Gasteiger partial charge in [0, 0.05) is 23.2 Å². The first-order chi connectivity index (χ1) is 7.75. The third-order valence-electron chi connectivity index (χ3n) is 2.96. The second-order valence-electron chi connectivity index (χ2n) is 4.38. The Morgan fingerprint density at radius 2 is 1.88 bits per heavy atom. The number of rotatable bonds is 1. The van der Waals surface area contributed by atoms with Crippen LogP contribution >= 0.6 is 0 Å². The number of hydrogen-bond donors (Lipinski definition) is 0. The first-order valence-electron chi connectivity index (χ1n) is 5.52. The molecule has 0 spiro atoms. The van der Waals surface area contributed by atoms with Crippen LogP contribution in [0.1, 0.15) is 25.3 Å². The van der Waals surface area contributed by atoms with Crippen LogP contribution in [-0.4, -0.2) is 4.98 Å². The van der Waals surface area contributed by atoms with Crippen molar-refractivity contribution in [3.05, 3.63) is 42.2 Å². The molecule has 0 aliphatic carbocycles. The quantitative estimate of drug-likeness (QED) is 0.605. The second-order valence-corrected chi connectivity index (χ2v) is 4.38. The van der Waals surface area contributed by atoms with Crippen molar-refractivity contribution in [2.24, 2.45) is 0 Å². The summed E-state index contributed by atoms with van der Waals surface area (Å²) in [5.74, 6) is 0.533. The number of furan rings is 1. The molecule has 0 radical (unpaired) electrons. The van der Waals surface area contributed by atoms with E-state index in [9.17, 15) is 0 Å². The first kappa shape index (κ1) is 9.40. The van der Waals surface area contributed by atoms with Crippen molar-refractivity contribution in [2.75, 3.05) is 0 Å². The molecule has 2 nitrogen and oxygen atoms in total. The average molecular weight is 211 g/mol. The Hall–Kier alpha value is -1.83. The maximum atomic E-state index is 5.75. The van der Waals surface area contributed by atoms with Crippen molar-refractivity contribution in [3.8, 4) is 0 Å². The van der Waals surface area contributed by atoms with Gasteiger partial charge in [-0.1, -0.05) is 19.9 Å². The number of nitrogens with zero attached hydrogens (tertiary/aromatic N) is 1. The summed E-state index contributed by atoms with van der Waals surface area (Å²) < 4.78 is 5.75. The predicted molar refractivity (Wildman–Crippen MR) is 65.6 cm³/mol. The van der Waals surface area contributed by atoms with Crippen molar-refractivity contribution in [3.63, 3.8) is 0 Å². The molecule has 3 aromatic rings. The van der Waals surface area contributed by atoms with E-state index in [-0.39, 0.29) is 0 Å². The van der Waals surface area contributed by atoms with Crippen molar-refractivity contribution < 1.29 is 4.42 Å². The van der Waals surface area contributed by atoms with Crippen molar-refractivity contribution >= 4 is 21.9 Å². The third kappa shape index (κ3) is 1.30. The normalized spacial score (nSPS) is 11.7. The van der Waals surface area contributed by atoms with E-state index in [0.717, 1.165) is 21.9 Å². The van der Waals surface area contributed by atoms with Crippen LogP contribution in [0.3, 0.4) is 0 Å². The van der Waals surface area contributed by atoms with E-state index in [1.165, 1.54) is 5.56 Å². The highest BCUT2D eigenvalue weighted by Gasteiger charge is 2.08. The van der Waals surface area contributed by atoms with Gasteiger partial charge in [0.15, 0.2) is 0 Å². The third-order valence-corrected chi connectivity index (χ3v) is 2.96. The molecule has 0 atom stereocenters. The van der Waals surface area contributed by atoms with E-state index >= 15 is 0 Å². The van der Waals surface area contributed by atoms with Gasteiger partial charge in [0.2, 0.25) is 0 Å². The van der Waals surface area contributed by atoms with E-state index in [4.69, 9.17) is 4.42 Å². The van der Waals surface area contributed by atoms with Crippen LogP contribution in [0.15, 0.2) is 41.1 Å². The Labute approximate surface area is 93.9 Å². The Morgan fingerprint density at radius 3 is 2.69 bits per heavy atom. The molecular formula is C14H13NO. The van der Waals surface area contributed by atoms with Crippen LogP contribution < -0.4 is 0 Å². The van der Waals surface area contributed by atoms with Crippen LogP contribution in [0.25, 0.3) is 21.9 Å². The number of fused-ring (bicyclic) bond motifs is 3. The maximum absolute atomic E-state index is 5.75. The lowest BCUT2D eigenvalue weighted by Gasteiger charge is -2.03. The zero-order valence-electron chi connectivity index (χ0n) is 9.40. The molecule has 0 amide bonds. The summed E-state index contributed by atoms with van der Waals surface area (Å²) in [4.78, 5) is 4.15. The van der Waals surface area contributed by atoms with Gasteiger partial charge in [-0.25, -0.2) is 0 Å². The summed E-state index contributed by atoms with van der Waals surface area (Å²) in [6, 6.07) is 8.28. The van der Waals surface area contributed by atoms with E-state index in [0.29, 0.717) is 5.92 Å². The van der Waals surface area contributed by atoms with Crippen LogP contribution in [0.5, 0.6) is 0 Å². The smallest absolute Gasteiger partial charge is 0.138 e. The number of aromatic nitrogens is 1. The lowest BCUT2D eigenvalue weighted by Crippen LogP contribution is -1.85. The number of benzene rings is 1. The molecule has 0 N–H and O–H groups in total. The highest BCUT2D eigenvalue weighted by molar-refractivity contribution is 6.04. The summed E-state index contributed by atoms with van der Waals surface area (Å²) in [7, 11) is 0. The minimum Gasteiger partial charge on any atom is -0.456 e. The Kier molecular flexibility index (Phi) is 1.96. The molecular weight excluding hydrogens is 198 g/mol. The van der Waals surface area contributed by atoms with Gasteiger partial charge in [0.25, 0.3) is 0 Å². The highest BCUT2D eigenvalue weighted by atomic mass is 16.3. The molecule has 0 aliphatic heterocycles. The van der Waals surface area contributed by atoms with Gasteiger partial charge in [-0.3, -0.25) is 4.98 Å². The van der Waals surface area contributed by atoms with Crippen molar-refractivity contribution in [1.29, 1.82) is 0 Å². The van der Waals surface area contributed by atoms with Gasteiger partial charge >= 0.3 is 0 Å². The average Bonchev–Trinajstić information content (AvgIpc) is 2.66. The molecule has 0 unspecified atom stereocenters. The van der Waals surface area contributed by atoms with Gasteiger partial charge in [-0.2, -0.15) is 0 Å². The largest absolute Gasteiger partial charge is 0.456 e. The highest BCUT2D eigenvalue weighted by Crippen LogP contribution is 2.30. The Balaban J connectivity index is 2.40. The standard InChI is InChI=1S/C14H13NO/c1-9(2)10-3-4-13-11(7-10)12-8-15-6-5-14(12)16-13/h3-9H,1-2H3. The predicted octanol–water partition coefficient (Wildman–Crippen LogP) is 4.10. The van der Waals surface area contributed by atoms with E-state index in [1.54, 1.807) is 6.20 Å². The summed E-state index contributed by atoms with van der Waals surface area (Å²) in [5.41, 5.74) is 3.18. The minimum atomic E-state index is 0.533. The fourth-order valence-electron chi connectivity index (χ4n) is 2.00. The van der Waals surface area contributed by atoms with Gasteiger partial charge in [-0.05, 0) is 29.7 Å². The monoisotopic (exact) mass is 211 g/mol. The van der Waals surface area contributed by atoms with Crippen LogP contribution in [0, 0.1) is 0 Å². The van der Waals surface area contributed by atoms with E-state index < -0.39 is 0 Å². The first-order valence-corrected chi connectivity index (χ1v) is 5.52. The van der Waals surface area contributed by atoms with E-state index in [1.807, 2.05) is 18.3 Å². The summed E-state index contributed by atoms with van der Waals surface area (Å²) in [5, 5.41) is 2.26. The van der Waals surface area contributed by atoms with Crippen LogP contribution in [0.4, 0.5) is 0 Å². The summed E-state index contributed by atoms with van der Waals surface area (Å²) >= 11 is 0. The van der Waals surface area contributed by atoms with Gasteiger partial charge < -0.3 is 4.42 Å². The molecule has 0 saturated heterocycles. The Morgan fingerprint density at radius 1 is 1.06 bits per heavy atom. The molecule has 0 bridgehead atoms. The SMILES string of the molecule is CC(C)c1ccc2oc3ccncc3c2c1. The van der Waals surface area contributed by atoms with Gasteiger partial charge in [-0.15, -0.1) is 0 Å². The second kappa shape index (κ2) is 3.34. The molecule has 80 valence electrons. The molecule has 0 aliphatic rings. The van der Waals surface area contributed by atoms with Gasteiger partial charge in [0.1, 0.15) is 11.2 Å². The van der Waals surface area contributed by atoms with Crippen molar-refractivity contribution in [2.45, 2.75) is 19.8 Å². The molecule has 0 saturated carbocycles. The molecule has 2 aromatic heterocycles. The number of hydrogen-bond acceptors (Lipinski definition) is 2.